The van der Waals surface area contributed by atoms with E-state index in [1.165, 1.54) is 0 Å². The molecule has 0 amide bonds. The first-order valence-electron chi connectivity index (χ1n) is 6.29. The molecule has 0 heterocycles. The lowest BCUT2D eigenvalue weighted by Gasteiger charge is -2.18. The molecular weight excluding hydrogens is 262 g/mol. The summed E-state index contributed by atoms with van der Waals surface area (Å²) in [6.07, 6.45) is 0. The van der Waals surface area contributed by atoms with Crippen molar-refractivity contribution >= 4 is 0 Å². The molecule has 1 unspecified atom stereocenters. The first kappa shape index (κ1) is 14.4. The van der Waals surface area contributed by atoms with E-state index in [0.29, 0.717) is 17.9 Å². The second kappa shape index (κ2) is 6.45. The molecule has 0 aliphatic carbocycles. The van der Waals surface area contributed by atoms with E-state index in [2.05, 4.69) is 5.43 Å². The summed E-state index contributed by atoms with van der Waals surface area (Å²) in [5, 5.41) is 0. The van der Waals surface area contributed by atoms with Crippen molar-refractivity contribution in [3.8, 4) is 5.75 Å². The van der Waals surface area contributed by atoms with Gasteiger partial charge in [-0.25, -0.2) is 14.2 Å². The van der Waals surface area contributed by atoms with Gasteiger partial charge in [-0.05, 0) is 42.8 Å². The van der Waals surface area contributed by atoms with Crippen LogP contribution in [-0.4, -0.2) is 6.61 Å². The molecule has 0 saturated heterocycles. The topological polar surface area (TPSA) is 47.3 Å². The number of halogens is 2. The number of nitrogens with one attached hydrogen (secondary N) is 1. The zero-order valence-electron chi connectivity index (χ0n) is 11.1. The predicted molar refractivity (Wildman–Crippen MR) is 73.1 cm³/mol. The van der Waals surface area contributed by atoms with Crippen LogP contribution < -0.4 is 16.0 Å². The average molecular weight is 278 g/mol. The van der Waals surface area contributed by atoms with E-state index in [-0.39, 0.29) is 5.56 Å². The van der Waals surface area contributed by atoms with Gasteiger partial charge in [-0.15, -0.1) is 0 Å². The number of hydrogen-bond donors (Lipinski definition) is 2. The van der Waals surface area contributed by atoms with Gasteiger partial charge in [-0.2, -0.15) is 0 Å². The van der Waals surface area contributed by atoms with Gasteiger partial charge in [0.2, 0.25) is 0 Å². The van der Waals surface area contributed by atoms with Crippen molar-refractivity contribution in [1.82, 2.24) is 5.43 Å². The maximum Gasteiger partial charge on any atom is 0.128 e. The molecule has 0 aromatic heterocycles. The molecule has 2 aromatic carbocycles. The minimum Gasteiger partial charge on any atom is -0.494 e. The third-order valence-corrected chi connectivity index (χ3v) is 2.94. The highest BCUT2D eigenvalue weighted by molar-refractivity contribution is 5.37. The van der Waals surface area contributed by atoms with Gasteiger partial charge in [0.25, 0.3) is 0 Å². The Morgan fingerprint density at radius 3 is 2.70 bits per heavy atom. The maximum absolute atomic E-state index is 13.8. The number of hydrazine groups is 1. The van der Waals surface area contributed by atoms with Crippen molar-refractivity contribution in [1.29, 1.82) is 0 Å². The smallest absolute Gasteiger partial charge is 0.128 e. The normalized spacial score (nSPS) is 12.2. The van der Waals surface area contributed by atoms with E-state index >= 15 is 0 Å². The number of nitrogens with two attached hydrogens (primary N) is 1. The summed E-state index contributed by atoms with van der Waals surface area (Å²) in [7, 11) is 0. The number of benzene rings is 2. The molecule has 0 aliphatic rings. The molecule has 0 aliphatic heterocycles. The molecule has 20 heavy (non-hydrogen) atoms. The van der Waals surface area contributed by atoms with Crippen molar-refractivity contribution in [2.45, 2.75) is 13.0 Å². The standard InChI is InChI=1S/C15H16F2N2O/c1-2-20-12-5-3-4-10(8-12)15(19-18)13-9-11(16)6-7-14(13)17/h3-9,15,19H,2,18H2,1H3. The summed E-state index contributed by atoms with van der Waals surface area (Å²) < 4.78 is 32.5. The highest BCUT2D eigenvalue weighted by Gasteiger charge is 2.18. The molecule has 2 rings (SSSR count). The van der Waals surface area contributed by atoms with Crippen LogP contribution in [0.2, 0.25) is 0 Å². The molecule has 3 N–H and O–H groups in total. The number of ether oxygens (including phenoxy) is 1. The summed E-state index contributed by atoms with van der Waals surface area (Å²) in [6.45, 7) is 2.40. The Hall–Kier alpha value is -1.98. The van der Waals surface area contributed by atoms with Crippen molar-refractivity contribution < 1.29 is 13.5 Å². The Kier molecular flexibility index (Phi) is 4.65. The molecular formula is C15H16F2N2O. The van der Waals surface area contributed by atoms with E-state index in [9.17, 15) is 8.78 Å². The van der Waals surface area contributed by atoms with Gasteiger partial charge in [0.15, 0.2) is 0 Å². The lowest BCUT2D eigenvalue weighted by atomic mass is 9.98. The largest absolute Gasteiger partial charge is 0.494 e. The van der Waals surface area contributed by atoms with E-state index in [1.54, 1.807) is 24.3 Å². The Balaban J connectivity index is 2.41. The molecule has 0 spiro atoms. The van der Waals surface area contributed by atoms with Gasteiger partial charge < -0.3 is 4.74 Å². The lowest BCUT2D eigenvalue weighted by Crippen LogP contribution is -2.29. The SMILES string of the molecule is CCOc1cccc(C(NN)c2cc(F)ccc2F)c1. The van der Waals surface area contributed by atoms with Gasteiger partial charge in [-0.3, -0.25) is 5.84 Å². The quantitative estimate of drug-likeness (QED) is 0.653. The Morgan fingerprint density at radius 1 is 1.20 bits per heavy atom. The second-order valence-electron chi connectivity index (χ2n) is 4.27. The van der Waals surface area contributed by atoms with E-state index in [4.69, 9.17) is 10.6 Å². The van der Waals surface area contributed by atoms with Crippen LogP contribution in [0.5, 0.6) is 5.75 Å². The Bertz CT molecular complexity index is 590. The first-order chi connectivity index (χ1) is 9.65. The molecule has 3 nitrogen and oxygen atoms in total. The fourth-order valence-electron chi connectivity index (χ4n) is 2.05. The van der Waals surface area contributed by atoms with Gasteiger partial charge in [-0.1, -0.05) is 12.1 Å². The van der Waals surface area contributed by atoms with Crippen molar-refractivity contribution in [3.63, 3.8) is 0 Å². The van der Waals surface area contributed by atoms with Gasteiger partial charge in [0.05, 0.1) is 12.6 Å². The predicted octanol–water partition coefficient (Wildman–Crippen LogP) is 2.92. The van der Waals surface area contributed by atoms with E-state index in [0.717, 1.165) is 18.2 Å². The average Bonchev–Trinajstić information content (AvgIpc) is 2.44. The van der Waals surface area contributed by atoms with E-state index < -0.39 is 17.7 Å². The van der Waals surface area contributed by atoms with E-state index in [1.807, 2.05) is 6.92 Å². The molecule has 0 bridgehead atoms. The third kappa shape index (κ3) is 3.12. The maximum atomic E-state index is 13.8. The van der Waals surface area contributed by atoms with Crippen LogP contribution in [0.1, 0.15) is 24.1 Å². The van der Waals surface area contributed by atoms with Gasteiger partial charge >= 0.3 is 0 Å². The van der Waals surface area contributed by atoms with Crippen molar-refractivity contribution in [2.24, 2.45) is 5.84 Å². The summed E-state index contributed by atoms with van der Waals surface area (Å²) >= 11 is 0. The lowest BCUT2D eigenvalue weighted by molar-refractivity contribution is 0.339. The molecule has 5 heteroatoms. The molecule has 0 radical (unpaired) electrons. The van der Waals surface area contributed by atoms with Crippen molar-refractivity contribution in [3.05, 3.63) is 65.2 Å². The highest BCUT2D eigenvalue weighted by Crippen LogP contribution is 2.27. The van der Waals surface area contributed by atoms with Crippen LogP contribution in [0.25, 0.3) is 0 Å². The van der Waals surface area contributed by atoms with Crippen LogP contribution in [-0.2, 0) is 0 Å². The molecule has 0 fully saturated rings. The monoisotopic (exact) mass is 278 g/mol. The second-order valence-corrected chi connectivity index (χ2v) is 4.27. The molecule has 0 saturated carbocycles. The minimum absolute atomic E-state index is 0.154. The fourth-order valence-corrected chi connectivity index (χ4v) is 2.05. The van der Waals surface area contributed by atoms with Crippen LogP contribution >= 0.6 is 0 Å². The van der Waals surface area contributed by atoms with Crippen molar-refractivity contribution in [2.75, 3.05) is 6.61 Å². The first-order valence-corrected chi connectivity index (χ1v) is 6.29. The third-order valence-electron chi connectivity index (χ3n) is 2.94. The molecule has 2 aromatic rings. The molecule has 1 atom stereocenters. The number of rotatable bonds is 5. The summed E-state index contributed by atoms with van der Waals surface area (Å²) in [4.78, 5) is 0. The van der Waals surface area contributed by atoms with Crippen LogP contribution in [0, 0.1) is 11.6 Å². The molecule has 106 valence electrons. The zero-order valence-corrected chi connectivity index (χ0v) is 11.1. The summed E-state index contributed by atoms with van der Waals surface area (Å²) in [5.74, 6) is 5.13. The van der Waals surface area contributed by atoms with Gasteiger partial charge in [0, 0.05) is 5.56 Å². The van der Waals surface area contributed by atoms with Crippen LogP contribution in [0.3, 0.4) is 0 Å². The van der Waals surface area contributed by atoms with Gasteiger partial charge in [0.1, 0.15) is 17.4 Å². The Labute approximate surface area is 116 Å². The summed E-state index contributed by atoms with van der Waals surface area (Å²) in [5.41, 5.74) is 3.36. The fraction of sp³-hybridized carbons (Fsp3) is 0.200. The summed E-state index contributed by atoms with van der Waals surface area (Å²) in [6, 6.07) is 9.74. The Morgan fingerprint density at radius 2 is 2.00 bits per heavy atom. The van der Waals surface area contributed by atoms with Crippen LogP contribution in [0.15, 0.2) is 42.5 Å². The number of hydrogen-bond acceptors (Lipinski definition) is 3. The van der Waals surface area contributed by atoms with Crippen LogP contribution in [0.4, 0.5) is 8.78 Å². The highest BCUT2D eigenvalue weighted by atomic mass is 19.1. The minimum atomic E-state index is -0.647. The zero-order chi connectivity index (χ0) is 14.5.